The lowest BCUT2D eigenvalue weighted by molar-refractivity contribution is 0.283. The number of aliphatic hydroxyl groups excluding tert-OH is 1. The van der Waals surface area contributed by atoms with Crippen LogP contribution in [0.3, 0.4) is 0 Å². The van der Waals surface area contributed by atoms with Crippen LogP contribution in [0.15, 0.2) is 18.2 Å². The molecule has 0 saturated heterocycles. The number of benzene rings is 1. The molecule has 0 spiro atoms. The Balaban J connectivity index is 2.28. The zero-order chi connectivity index (χ0) is 11.1. The Morgan fingerprint density at radius 1 is 1.27 bits per heavy atom. The van der Waals surface area contributed by atoms with E-state index in [0.29, 0.717) is 0 Å². The molecule has 0 aliphatic rings. The molecular weight excluding hydrogens is 210 g/mol. The van der Waals surface area contributed by atoms with Crippen molar-refractivity contribution in [2.45, 2.75) is 26.2 Å². The second-order valence-electron chi connectivity index (χ2n) is 3.68. The van der Waals surface area contributed by atoms with Gasteiger partial charge in [-0.15, -0.1) is 0 Å². The second kappa shape index (κ2) is 6.70. The average molecular weight is 228 g/mol. The third kappa shape index (κ3) is 4.54. The Morgan fingerprint density at radius 3 is 2.73 bits per heavy atom. The molecule has 0 fully saturated rings. The molecule has 1 aromatic carbocycles. The number of nitrogens with one attached hydrogen (secondary N) is 1. The molecule has 3 heteroatoms. The highest BCUT2D eigenvalue weighted by atomic mass is 35.5. The van der Waals surface area contributed by atoms with Crippen molar-refractivity contribution in [1.82, 2.24) is 0 Å². The van der Waals surface area contributed by atoms with E-state index in [9.17, 15) is 0 Å². The quantitative estimate of drug-likeness (QED) is 0.732. The minimum Gasteiger partial charge on any atom is -0.396 e. The molecule has 2 nitrogen and oxygen atoms in total. The van der Waals surface area contributed by atoms with Gasteiger partial charge in [0.05, 0.1) is 0 Å². The van der Waals surface area contributed by atoms with Crippen LogP contribution in [0.4, 0.5) is 5.69 Å². The van der Waals surface area contributed by atoms with Gasteiger partial charge in [0.15, 0.2) is 0 Å². The first-order valence-electron chi connectivity index (χ1n) is 5.35. The van der Waals surface area contributed by atoms with Crippen molar-refractivity contribution >= 4 is 17.3 Å². The van der Waals surface area contributed by atoms with Gasteiger partial charge < -0.3 is 10.4 Å². The van der Waals surface area contributed by atoms with Gasteiger partial charge in [0.25, 0.3) is 0 Å². The number of aryl methyl sites for hydroxylation is 1. The van der Waals surface area contributed by atoms with Crippen molar-refractivity contribution in [2.24, 2.45) is 0 Å². The molecule has 0 amide bonds. The van der Waals surface area contributed by atoms with E-state index in [1.165, 1.54) is 0 Å². The fraction of sp³-hybridized carbons (Fsp3) is 0.500. The third-order valence-electron chi connectivity index (χ3n) is 2.34. The lowest BCUT2D eigenvalue weighted by Crippen LogP contribution is -2.01. The minimum atomic E-state index is 0.288. The van der Waals surface area contributed by atoms with Crippen LogP contribution < -0.4 is 5.32 Å². The highest BCUT2D eigenvalue weighted by molar-refractivity contribution is 6.31. The smallest absolute Gasteiger partial charge is 0.0455 e. The first kappa shape index (κ1) is 12.3. The Kier molecular flexibility index (Phi) is 5.51. The standard InChI is InChI=1S/C12H18ClNO/c1-10-5-6-11(9-12(10)13)14-7-3-2-4-8-15/h5-6,9,14-15H,2-4,7-8H2,1H3. The number of hydrogen-bond donors (Lipinski definition) is 2. The van der Waals surface area contributed by atoms with Crippen molar-refractivity contribution < 1.29 is 5.11 Å². The first-order valence-corrected chi connectivity index (χ1v) is 5.72. The summed E-state index contributed by atoms with van der Waals surface area (Å²) in [6.45, 7) is 3.21. The van der Waals surface area contributed by atoms with Crippen LogP contribution in [0.1, 0.15) is 24.8 Å². The number of unbranched alkanes of at least 4 members (excludes halogenated alkanes) is 2. The summed E-state index contributed by atoms with van der Waals surface area (Å²) in [5, 5.41) is 12.7. The molecule has 84 valence electrons. The van der Waals surface area contributed by atoms with Gasteiger partial charge in [-0.3, -0.25) is 0 Å². The van der Waals surface area contributed by atoms with Gasteiger partial charge in [-0.2, -0.15) is 0 Å². The van der Waals surface area contributed by atoms with Gasteiger partial charge in [0.1, 0.15) is 0 Å². The minimum absolute atomic E-state index is 0.288. The second-order valence-corrected chi connectivity index (χ2v) is 4.08. The third-order valence-corrected chi connectivity index (χ3v) is 2.74. The van der Waals surface area contributed by atoms with Crippen LogP contribution in [0.5, 0.6) is 0 Å². The molecule has 0 aliphatic heterocycles. The topological polar surface area (TPSA) is 32.3 Å². The van der Waals surface area contributed by atoms with Crippen molar-refractivity contribution in [1.29, 1.82) is 0 Å². The molecule has 0 aromatic heterocycles. The van der Waals surface area contributed by atoms with Gasteiger partial charge >= 0.3 is 0 Å². The molecule has 0 atom stereocenters. The van der Waals surface area contributed by atoms with Crippen LogP contribution >= 0.6 is 11.6 Å². The van der Waals surface area contributed by atoms with Crippen molar-refractivity contribution in [3.05, 3.63) is 28.8 Å². The molecule has 1 rings (SSSR count). The van der Waals surface area contributed by atoms with E-state index in [4.69, 9.17) is 16.7 Å². The fourth-order valence-corrected chi connectivity index (χ4v) is 1.53. The van der Waals surface area contributed by atoms with Crippen LogP contribution in [-0.4, -0.2) is 18.3 Å². The summed E-state index contributed by atoms with van der Waals surface area (Å²) >= 11 is 6.00. The van der Waals surface area contributed by atoms with E-state index in [1.807, 2.05) is 25.1 Å². The number of anilines is 1. The summed E-state index contributed by atoms with van der Waals surface area (Å²) in [7, 11) is 0. The van der Waals surface area contributed by atoms with E-state index < -0.39 is 0 Å². The maximum atomic E-state index is 8.61. The van der Waals surface area contributed by atoms with Gasteiger partial charge in [-0.05, 0) is 43.9 Å². The maximum Gasteiger partial charge on any atom is 0.0455 e. The lowest BCUT2D eigenvalue weighted by Gasteiger charge is -2.07. The first-order chi connectivity index (χ1) is 7.24. The summed E-state index contributed by atoms with van der Waals surface area (Å²) in [5.41, 5.74) is 2.16. The zero-order valence-electron chi connectivity index (χ0n) is 9.09. The average Bonchev–Trinajstić information content (AvgIpc) is 2.23. The van der Waals surface area contributed by atoms with E-state index in [-0.39, 0.29) is 6.61 Å². The molecule has 15 heavy (non-hydrogen) atoms. The van der Waals surface area contributed by atoms with E-state index in [2.05, 4.69) is 5.32 Å². The largest absolute Gasteiger partial charge is 0.396 e. The fourth-order valence-electron chi connectivity index (χ4n) is 1.35. The van der Waals surface area contributed by atoms with Crippen LogP contribution in [0, 0.1) is 6.92 Å². The molecule has 0 heterocycles. The highest BCUT2D eigenvalue weighted by Gasteiger charge is 1.96. The van der Waals surface area contributed by atoms with Crippen molar-refractivity contribution in [3.63, 3.8) is 0 Å². The summed E-state index contributed by atoms with van der Waals surface area (Å²) in [4.78, 5) is 0. The molecule has 0 saturated carbocycles. The van der Waals surface area contributed by atoms with Crippen LogP contribution in [0.2, 0.25) is 5.02 Å². The molecule has 0 aliphatic carbocycles. The Morgan fingerprint density at radius 2 is 2.07 bits per heavy atom. The summed E-state index contributed by atoms with van der Waals surface area (Å²) in [5.74, 6) is 0. The van der Waals surface area contributed by atoms with Gasteiger partial charge in [-0.1, -0.05) is 17.7 Å². The van der Waals surface area contributed by atoms with E-state index in [1.54, 1.807) is 0 Å². The number of aliphatic hydroxyl groups is 1. The Hall–Kier alpha value is -0.730. The monoisotopic (exact) mass is 227 g/mol. The predicted molar refractivity (Wildman–Crippen MR) is 65.6 cm³/mol. The summed E-state index contributed by atoms with van der Waals surface area (Å²) in [6.07, 6.45) is 3.02. The molecule has 0 bridgehead atoms. The number of halogens is 1. The lowest BCUT2D eigenvalue weighted by atomic mass is 10.2. The predicted octanol–water partition coefficient (Wildman–Crippen LogP) is 3.22. The Labute approximate surface area is 96.3 Å². The zero-order valence-corrected chi connectivity index (χ0v) is 9.85. The van der Waals surface area contributed by atoms with Gasteiger partial charge in [0, 0.05) is 23.9 Å². The van der Waals surface area contributed by atoms with Gasteiger partial charge in [-0.25, -0.2) is 0 Å². The number of rotatable bonds is 6. The highest BCUT2D eigenvalue weighted by Crippen LogP contribution is 2.19. The molecule has 0 unspecified atom stereocenters. The molecule has 2 N–H and O–H groups in total. The van der Waals surface area contributed by atoms with Gasteiger partial charge in [0.2, 0.25) is 0 Å². The summed E-state index contributed by atoms with van der Waals surface area (Å²) in [6, 6.07) is 5.99. The van der Waals surface area contributed by atoms with Crippen LogP contribution in [0.25, 0.3) is 0 Å². The van der Waals surface area contributed by atoms with Crippen LogP contribution in [-0.2, 0) is 0 Å². The van der Waals surface area contributed by atoms with E-state index in [0.717, 1.165) is 42.1 Å². The SMILES string of the molecule is Cc1ccc(NCCCCCO)cc1Cl. The molecule has 1 aromatic rings. The summed E-state index contributed by atoms with van der Waals surface area (Å²) < 4.78 is 0. The normalized spacial score (nSPS) is 10.3. The van der Waals surface area contributed by atoms with E-state index >= 15 is 0 Å². The maximum absolute atomic E-state index is 8.61. The van der Waals surface area contributed by atoms with Crippen molar-refractivity contribution in [3.8, 4) is 0 Å². The van der Waals surface area contributed by atoms with Crippen molar-refractivity contribution in [2.75, 3.05) is 18.5 Å². The Bertz CT molecular complexity index is 302. The molecule has 0 radical (unpaired) electrons. The number of hydrogen-bond acceptors (Lipinski definition) is 2. The molecular formula is C12H18ClNO.